The van der Waals surface area contributed by atoms with Crippen molar-refractivity contribution in [3.05, 3.63) is 12.4 Å². The lowest BCUT2D eigenvalue weighted by Gasteiger charge is -1.94. The maximum atomic E-state index is 11.2. The van der Waals surface area contributed by atoms with E-state index in [0.29, 0.717) is 0 Å². The minimum atomic E-state index is -3.53. The molecule has 7 heavy (non-hydrogen) atoms. The van der Waals surface area contributed by atoms with Crippen LogP contribution in [-0.2, 0) is 0 Å². The molecule has 0 N–H and O–H groups in total. The quantitative estimate of drug-likeness (QED) is 0.478. The van der Waals surface area contributed by atoms with Crippen LogP contribution in [-0.4, -0.2) is 5.38 Å². The Labute approximate surface area is 43.6 Å². The summed E-state index contributed by atoms with van der Waals surface area (Å²) in [6.07, 6.45) is -0.346. The first-order valence-electron chi connectivity index (χ1n) is 1.41. The van der Waals surface area contributed by atoms with Crippen LogP contribution in [0.15, 0.2) is 12.4 Å². The maximum Gasteiger partial charge on any atom is 0.343 e. The number of allylic oxidation sites excluding steroid dienone is 1. The molecule has 42 valence electrons. The second-order valence-electron chi connectivity index (χ2n) is 0.834. The van der Waals surface area contributed by atoms with Crippen molar-refractivity contribution in [1.29, 1.82) is 0 Å². The zero-order valence-electron chi connectivity index (χ0n) is 3.17. The third-order valence-corrected chi connectivity index (χ3v) is 0.378. The minimum Gasteiger partial charge on any atom is -0.216 e. The molecule has 0 aliphatic heterocycles. The fourth-order valence-corrected chi connectivity index (χ4v) is 0.119. The molecule has 0 heterocycles. The van der Waals surface area contributed by atoms with Crippen LogP contribution in [0.1, 0.15) is 0 Å². The Bertz CT molecular complexity index is 72.7. The highest BCUT2D eigenvalue weighted by Crippen LogP contribution is 2.19. The van der Waals surface area contributed by atoms with Crippen LogP contribution in [0.4, 0.5) is 13.2 Å². The summed E-state index contributed by atoms with van der Waals surface area (Å²) in [6.45, 7) is 0. The van der Waals surface area contributed by atoms with E-state index in [9.17, 15) is 13.2 Å². The molecule has 0 fully saturated rings. The Hall–Kier alpha value is -0.180. The van der Waals surface area contributed by atoms with E-state index in [-0.39, 0.29) is 12.4 Å². The van der Waals surface area contributed by atoms with Gasteiger partial charge in [-0.3, -0.25) is 0 Å². The fraction of sp³-hybridized carbons (Fsp3) is 0.333. The standard InChI is InChI=1S/C3H2ClF3/c4-3(6,7)1-2-5/h1-2H/b2-1-. The van der Waals surface area contributed by atoms with Gasteiger partial charge in [0.05, 0.1) is 6.33 Å². The van der Waals surface area contributed by atoms with Crippen LogP contribution in [0, 0.1) is 0 Å². The van der Waals surface area contributed by atoms with Crippen molar-refractivity contribution in [3.63, 3.8) is 0 Å². The highest BCUT2D eigenvalue weighted by Gasteiger charge is 2.18. The average molecular weight is 130 g/mol. The first kappa shape index (κ1) is 6.82. The molecule has 0 radical (unpaired) electrons. The number of hydrogen-bond acceptors (Lipinski definition) is 0. The van der Waals surface area contributed by atoms with Crippen molar-refractivity contribution in [2.45, 2.75) is 5.38 Å². The van der Waals surface area contributed by atoms with Gasteiger partial charge < -0.3 is 0 Å². The van der Waals surface area contributed by atoms with Gasteiger partial charge in [-0.1, -0.05) is 0 Å². The van der Waals surface area contributed by atoms with E-state index in [1.54, 1.807) is 0 Å². The monoisotopic (exact) mass is 130 g/mol. The maximum absolute atomic E-state index is 11.2. The highest BCUT2D eigenvalue weighted by molar-refractivity contribution is 6.22. The van der Waals surface area contributed by atoms with Crippen LogP contribution in [0.5, 0.6) is 0 Å². The Morgan fingerprint density at radius 1 is 1.43 bits per heavy atom. The van der Waals surface area contributed by atoms with Gasteiger partial charge in [0.1, 0.15) is 0 Å². The summed E-state index contributed by atoms with van der Waals surface area (Å²) in [6, 6.07) is 0. The molecule has 0 spiro atoms. The largest absolute Gasteiger partial charge is 0.343 e. The third-order valence-electron chi connectivity index (χ3n) is 0.252. The number of halogens is 4. The summed E-state index contributed by atoms with van der Waals surface area (Å²) >= 11 is 4.17. The van der Waals surface area contributed by atoms with E-state index in [1.165, 1.54) is 0 Å². The predicted molar refractivity (Wildman–Crippen MR) is 21.0 cm³/mol. The van der Waals surface area contributed by atoms with Crippen molar-refractivity contribution in [3.8, 4) is 0 Å². The van der Waals surface area contributed by atoms with Gasteiger partial charge in [-0.05, 0) is 11.6 Å². The summed E-state index contributed by atoms with van der Waals surface area (Å²) in [4.78, 5) is 0. The van der Waals surface area contributed by atoms with Gasteiger partial charge in [-0.15, -0.1) is 0 Å². The molecule has 0 rings (SSSR count). The van der Waals surface area contributed by atoms with Crippen LogP contribution < -0.4 is 0 Å². The molecular weight excluding hydrogens is 128 g/mol. The van der Waals surface area contributed by atoms with E-state index in [2.05, 4.69) is 11.6 Å². The molecule has 0 bridgehead atoms. The molecule has 0 aliphatic rings. The van der Waals surface area contributed by atoms with Crippen molar-refractivity contribution in [2.75, 3.05) is 0 Å². The molecular formula is C3H2ClF3. The van der Waals surface area contributed by atoms with E-state index < -0.39 is 5.38 Å². The minimum absolute atomic E-state index is 0.0471. The van der Waals surface area contributed by atoms with Crippen molar-refractivity contribution >= 4 is 11.6 Å². The molecule has 0 aromatic rings. The topological polar surface area (TPSA) is 0 Å². The van der Waals surface area contributed by atoms with Gasteiger partial charge in [-0.25, -0.2) is 4.39 Å². The summed E-state index contributed by atoms with van der Waals surface area (Å²) in [5.74, 6) is 0. The van der Waals surface area contributed by atoms with E-state index >= 15 is 0 Å². The lowest BCUT2D eigenvalue weighted by Crippen LogP contribution is -1.97. The Balaban J connectivity index is 3.56. The molecule has 0 saturated heterocycles. The van der Waals surface area contributed by atoms with Crippen LogP contribution in [0.2, 0.25) is 0 Å². The molecule has 0 amide bonds. The molecule has 0 aliphatic carbocycles. The lowest BCUT2D eigenvalue weighted by molar-refractivity contribution is 0.151. The molecule has 0 unspecified atom stereocenters. The molecule has 4 heteroatoms. The Morgan fingerprint density at radius 3 is 1.86 bits per heavy atom. The lowest BCUT2D eigenvalue weighted by atomic mass is 10.7. The molecule has 0 atom stereocenters. The third kappa shape index (κ3) is 5.82. The summed E-state index contributed by atoms with van der Waals surface area (Å²) in [5.41, 5.74) is 0. The smallest absolute Gasteiger partial charge is 0.216 e. The number of rotatable bonds is 1. The highest BCUT2D eigenvalue weighted by atomic mass is 35.5. The van der Waals surface area contributed by atoms with Gasteiger partial charge >= 0.3 is 5.38 Å². The first-order chi connectivity index (χ1) is 3.06. The molecule has 0 aromatic heterocycles. The average Bonchev–Trinajstić information content (AvgIpc) is 1.30. The van der Waals surface area contributed by atoms with E-state index in [4.69, 9.17) is 0 Å². The molecule has 0 aromatic carbocycles. The van der Waals surface area contributed by atoms with Gasteiger partial charge in [-0.2, -0.15) is 8.78 Å². The summed E-state index contributed by atoms with van der Waals surface area (Å²) < 4.78 is 33.1. The summed E-state index contributed by atoms with van der Waals surface area (Å²) in [7, 11) is 0. The van der Waals surface area contributed by atoms with Gasteiger partial charge in [0.25, 0.3) is 0 Å². The van der Waals surface area contributed by atoms with E-state index in [0.717, 1.165) is 0 Å². The second kappa shape index (κ2) is 2.21. The fourth-order valence-electron chi connectivity index (χ4n) is 0.0714. The molecule has 0 saturated carbocycles. The number of hydrogen-bond donors (Lipinski definition) is 0. The Morgan fingerprint density at radius 2 is 1.86 bits per heavy atom. The zero-order valence-corrected chi connectivity index (χ0v) is 3.92. The van der Waals surface area contributed by atoms with Crippen LogP contribution in [0.25, 0.3) is 0 Å². The predicted octanol–water partition coefficient (Wildman–Crippen LogP) is 2.30. The molecule has 0 nitrogen and oxygen atoms in total. The van der Waals surface area contributed by atoms with Crippen molar-refractivity contribution in [2.24, 2.45) is 0 Å². The summed E-state index contributed by atoms with van der Waals surface area (Å²) in [5, 5.41) is -3.53. The SMILES string of the molecule is F/C=C\C(F)(F)Cl. The van der Waals surface area contributed by atoms with Crippen molar-refractivity contribution in [1.82, 2.24) is 0 Å². The second-order valence-corrected chi connectivity index (χ2v) is 1.34. The van der Waals surface area contributed by atoms with Gasteiger partial charge in [0.15, 0.2) is 0 Å². The van der Waals surface area contributed by atoms with Crippen molar-refractivity contribution < 1.29 is 13.2 Å². The van der Waals surface area contributed by atoms with E-state index in [1.807, 2.05) is 0 Å². The first-order valence-corrected chi connectivity index (χ1v) is 1.79. The zero-order chi connectivity index (χ0) is 5.91. The number of alkyl halides is 3. The van der Waals surface area contributed by atoms with Crippen LogP contribution >= 0.6 is 11.6 Å². The normalized spacial score (nSPS) is 13.1. The van der Waals surface area contributed by atoms with Gasteiger partial charge in [0.2, 0.25) is 0 Å². The Kier molecular flexibility index (Phi) is 2.15. The van der Waals surface area contributed by atoms with Crippen LogP contribution in [0.3, 0.4) is 0 Å². The van der Waals surface area contributed by atoms with Gasteiger partial charge in [0, 0.05) is 6.08 Å².